The highest BCUT2D eigenvalue weighted by Gasteiger charge is 2.72. The van der Waals surface area contributed by atoms with Crippen molar-refractivity contribution in [3.8, 4) is 0 Å². The SMILES string of the molecule is FN=C(C(F)(F)F)C(F)(N(F)F)C(F)(F)F. The molecule has 0 amide bonds. The summed E-state index contributed by atoms with van der Waals surface area (Å²) in [6, 6.07) is 0. The van der Waals surface area contributed by atoms with E-state index in [-0.39, 0.29) is 0 Å². The van der Waals surface area contributed by atoms with Gasteiger partial charge in [0.1, 0.15) is 0 Å². The zero-order chi connectivity index (χ0) is 13.4. The molecular weight excluding hydrogens is 266 g/mol. The maximum absolute atomic E-state index is 12.5. The number of halogens is 10. The third kappa shape index (κ3) is 2.36. The van der Waals surface area contributed by atoms with Crippen LogP contribution in [0.2, 0.25) is 0 Å². The lowest BCUT2D eigenvalue weighted by atomic mass is 10.1. The van der Waals surface area contributed by atoms with Crippen molar-refractivity contribution in [1.29, 1.82) is 0 Å². The molecule has 0 aliphatic carbocycles. The molecule has 0 aromatic heterocycles. The van der Waals surface area contributed by atoms with E-state index >= 15 is 0 Å². The third-order valence-electron chi connectivity index (χ3n) is 1.28. The van der Waals surface area contributed by atoms with Crippen molar-refractivity contribution in [3.05, 3.63) is 0 Å². The van der Waals surface area contributed by atoms with Crippen LogP contribution in [0, 0.1) is 0 Å². The summed E-state index contributed by atoms with van der Waals surface area (Å²) < 4.78 is 117. The van der Waals surface area contributed by atoms with Gasteiger partial charge in [0.2, 0.25) is 5.71 Å². The van der Waals surface area contributed by atoms with Gasteiger partial charge >= 0.3 is 18.1 Å². The first-order valence-electron chi connectivity index (χ1n) is 3.03. The van der Waals surface area contributed by atoms with Crippen LogP contribution < -0.4 is 0 Å². The topological polar surface area (TPSA) is 15.6 Å². The molecule has 0 aliphatic heterocycles. The van der Waals surface area contributed by atoms with Crippen molar-refractivity contribution in [1.82, 2.24) is 5.34 Å². The Hall–Kier alpha value is -1.07. The van der Waals surface area contributed by atoms with Gasteiger partial charge in [0.15, 0.2) is 0 Å². The Morgan fingerprint density at radius 2 is 1.25 bits per heavy atom. The van der Waals surface area contributed by atoms with E-state index in [9.17, 15) is 44.2 Å². The van der Waals surface area contributed by atoms with Crippen molar-refractivity contribution in [2.75, 3.05) is 0 Å². The summed E-state index contributed by atoms with van der Waals surface area (Å²) in [5.41, 5.74) is -3.95. The largest absolute Gasteiger partial charge is 0.448 e. The van der Waals surface area contributed by atoms with E-state index in [0.29, 0.717) is 5.21 Å². The van der Waals surface area contributed by atoms with Crippen LogP contribution in [0.1, 0.15) is 0 Å². The normalized spacial score (nSPS) is 18.8. The first kappa shape index (κ1) is 14.9. The van der Waals surface area contributed by atoms with Gasteiger partial charge in [-0.15, -0.1) is 0 Å². The van der Waals surface area contributed by atoms with E-state index in [4.69, 9.17) is 0 Å². The van der Waals surface area contributed by atoms with Gasteiger partial charge in [-0.1, -0.05) is 18.7 Å². The summed E-state index contributed by atoms with van der Waals surface area (Å²) in [7, 11) is 0. The molecule has 0 fully saturated rings. The van der Waals surface area contributed by atoms with Crippen molar-refractivity contribution in [3.63, 3.8) is 0 Å². The van der Waals surface area contributed by atoms with E-state index < -0.39 is 29.2 Å². The maximum Gasteiger partial charge on any atom is 0.448 e. The molecule has 0 rings (SSSR count). The zero-order valence-electron chi connectivity index (χ0n) is 6.67. The first-order valence-corrected chi connectivity index (χ1v) is 3.03. The Kier molecular flexibility index (Phi) is 3.79. The Morgan fingerprint density at radius 3 is 1.31 bits per heavy atom. The second-order valence-corrected chi connectivity index (χ2v) is 2.28. The predicted octanol–water partition coefficient (Wildman–Crippen LogP) is 3.17. The van der Waals surface area contributed by atoms with Crippen molar-refractivity contribution < 1.29 is 44.2 Å². The lowest BCUT2D eigenvalue weighted by Gasteiger charge is -2.28. The number of rotatable bonds is 2. The minimum atomic E-state index is -6.73. The molecule has 12 heteroatoms. The third-order valence-corrected chi connectivity index (χ3v) is 1.28. The molecular formula is C4F10N2. The molecule has 0 saturated carbocycles. The van der Waals surface area contributed by atoms with Gasteiger partial charge < -0.3 is 0 Å². The van der Waals surface area contributed by atoms with Crippen molar-refractivity contribution >= 4 is 5.71 Å². The number of nitrogens with zero attached hydrogens (tertiary/aromatic N) is 2. The van der Waals surface area contributed by atoms with Crippen molar-refractivity contribution in [2.24, 2.45) is 5.21 Å². The molecule has 0 aromatic carbocycles. The Morgan fingerprint density at radius 1 is 0.875 bits per heavy atom. The quantitative estimate of drug-likeness (QED) is 0.324. The Bertz CT molecular complexity index is 276. The minimum Gasteiger partial charge on any atom is -0.203 e. The van der Waals surface area contributed by atoms with Crippen LogP contribution in [0.4, 0.5) is 44.2 Å². The van der Waals surface area contributed by atoms with E-state index in [1.807, 2.05) is 0 Å². The van der Waals surface area contributed by atoms with Crippen LogP contribution in [-0.2, 0) is 0 Å². The molecule has 0 saturated heterocycles. The van der Waals surface area contributed by atoms with Crippen LogP contribution >= 0.6 is 0 Å². The average Bonchev–Trinajstić information content (AvgIpc) is 1.99. The van der Waals surface area contributed by atoms with E-state index in [1.165, 1.54) is 0 Å². The summed E-state index contributed by atoms with van der Waals surface area (Å²) in [6.07, 6.45) is -13.1. The highest BCUT2D eigenvalue weighted by molar-refractivity contribution is 5.96. The van der Waals surface area contributed by atoms with Gasteiger partial charge in [-0.3, -0.25) is 0 Å². The maximum atomic E-state index is 12.5. The average molecular weight is 266 g/mol. The highest BCUT2D eigenvalue weighted by Crippen LogP contribution is 2.43. The minimum absolute atomic E-state index is 0.394. The standard InChI is InChI=1S/C4F10N2/c5-2(16(13)14,4(9,10)11)1(15-12)3(6,7)8. The van der Waals surface area contributed by atoms with Gasteiger partial charge in [-0.25, -0.2) is 4.39 Å². The fourth-order valence-corrected chi connectivity index (χ4v) is 0.602. The Balaban J connectivity index is 5.73. The summed E-state index contributed by atoms with van der Waals surface area (Å²) in [6.45, 7) is 0. The second kappa shape index (κ2) is 4.07. The molecule has 0 bridgehead atoms. The number of alkyl halides is 7. The summed E-state index contributed by atoms with van der Waals surface area (Å²) >= 11 is 0. The summed E-state index contributed by atoms with van der Waals surface area (Å²) in [5, 5.41) is -3.07. The fraction of sp³-hybridized carbons (Fsp3) is 0.750. The molecule has 1 atom stereocenters. The smallest absolute Gasteiger partial charge is 0.203 e. The number of hydrogen-bond donors (Lipinski definition) is 0. The molecule has 16 heavy (non-hydrogen) atoms. The molecule has 0 spiro atoms. The molecule has 0 aromatic rings. The van der Waals surface area contributed by atoms with E-state index in [2.05, 4.69) is 0 Å². The second-order valence-electron chi connectivity index (χ2n) is 2.28. The van der Waals surface area contributed by atoms with Crippen LogP contribution in [-0.4, -0.2) is 29.2 Å². The lowest BCUT2D eigenvalue weighted by molar-refractivity contribution is -0.356. The molecule has 0 radical (unpaired) electrons. The molecule has 96 valence electrons. The lowest BCUT2D eigenvalue weighted by Crippen LogP contribution is -2.59. The number of hydrogen-bond acceptors (Lipinski definition) is 2. The van der Waals surface area contributed by atoms with Gasteiger partial charge in [0.25, 0.3) is 0 Å². The molecule has 0 aliphatic rings. The Labute approximate surface area is 80.0 Å². The van der Waals surface area contributed by atoms with Gasteiger partial charge in [0, 0.05) is 0 Å². The first-order chi connectivity index (χ1) is 6.89. The summed E-state index contributed by atoms with van der Waals surface area (Å²) in [5.74, 6) is -6.36. The van der Waals surface area contributed by atoms with Crippen LogP contribution in [0.3, 0.4) is 0 Å². The van der Waals surface area contributed by atoms with Crippen molar-refractivity contribution in [2.45, 2.75) is 18.1 Å². The molecule has 1 unspecified atom stereocenters. The van der Waals surface area contributed by atoms with Gasteiger partial charge in [-0.05, 0) is 0 Å². The van der Waals surface area contributed by atoms with E-state index in [0.717, 1.165) is 0 Å². The molecule has 2 nitrogen and oxygen atoms in total. The van der Waals surface area contributed by atoms with Crippen LogP contribution in [0.5, 0.6) is 0 Å². The van der Waals surface area contributed by atoms with Crippen LogP contribution in [0.15, 0.2) is 5.21 Å². The predicted molar refractivity (Wildman–Crippen MR) is 28.5 cm³/mol. The fourth-order valence-electron chi connectivity index (χ4n) is 0.602. The van der Waals surface area contributed by atoms with Gasteiger partial charge in [-0.2, -0.15) is 26.3 Å². The summed E-state index contributed by atoms with van der Waals surface area (Å²) in [4.78, 5) is 0. The highest BCUT2D eigenvalue weighted by atomic mass is 19.4. The zero-order valence-corrected chi connectivity index (χ0v) is 6.67. The monoisotopic (exact) mass is 266 g/mol. The van der Waals surface area contributed by atoms with Crippen LogP contribution in [0.25, 0.3) is 0 Å². The molecule has 0 N–H and O–H groups in total. The van der Waals surface area contributed by atoms with E-state index in [1.54, 1.807) is 0 Å². The molecule has 0 heterocycles. The van der Waals surface area contributed by atoms with Gasteiger partial charge in [0.05, 0.1) is 5.34 Å².